The molecule has 0 radical (unpaired) electrons. The van der Waals surface area contributed by atoms with E-state index in [1.165, 1.54) is 11.1 Å². The fraction of sp³-hybridized carbons (Fsp3) is 0.462. The SMILES string of the molecule is CC(=O)[C@H]1C[C@@H]1c1ccc2c(c1)CCO2. The molecule has 3 rings (SSSR count). The third kappa shape index (κ3) is 1.44. The molecular weight excluding hydrogens is 188 g/mol. The molecule has 78 valence electrons. The Bertz CT molecular complexity index is 423. The number of ketones is 1. The van der Waals surface area contributed by atoms with Crippen molar-refractivity contribution in [3.05, 3.63) is 29.3 Å². The van der Waals surface area contributed by atoms with E-state index in [-0.39, 0.29) is 5.92 Å². The normalized spacial score (nSPS) is 27.0. The highest BCUT2D eigenvalue weighted by Gasteiger charge is 2.41. The lowest BCUT2D eigenvalue weighted by molar-refractivity contribution is -0.118. The molecule has 1 aliphatic carbocycles. The van der Waals surface area contributed by atoms with E-state index in [0.717, 1.165) is 25.2 Å². The fourth-order valence-corrected chi connectivity index (χ4v) is 2.45. The van der Waals surface area contributed by atoms with E-state index in [4.69, 9.17) is 4.74 Å². The van der Waals surface area contributed by atoms with Crippen molar-refractivity contribution in [3.8, 4) is 5.75 Å². The molecule has 2 nitrogen and oxygen atoms in total. The Kier molecular flexibility index (Phi) is 1.84. The maximum Gasteiger partial charge on any atom is 0.133 e. The zero-order chi connectivity index (χ0) is 10.4. The molecule has 1 aliphatic heterocycles. The van der Waals surface area contributed by atoms with Crippen LogP contribution in [0.1, 0.15) is 30.4 Å². The fourth-order valence-electron chi connectivity index (χ4n) is 2.45. The molecule has 0 amide bonds. The molecule has 1 saturated carbocycles. The van der Waals surface area contributed by atoms with Crippen LogP contribution in [0, 0.1) is 5.92 Å². The largest absolute Gasteiger partial charge is 0.493 e. The number of hydrogen-bond donors (Lipinski definition) is 0. The summed E-state index contributed by atoms with van der Waals surface area (Å²) in [5, 5.41) is 0. The van der Waals surface area contributed by atoms with E-state index in [1.807, 2.05) is 6.07 Å². The van der Waals surface area contributed by atoms with Crippen LogP contribution in [0.2, 0.25) is 0 Å². The molecule has 0 aromatic heterocycles. The Hall–Kier alpha value is -1.31. The van der Waals surface area contributed by atoms with Gasteiger partial charge in [0.15, 0.2) is 0 Å². The first-order valence-electron chi connectivity index (χ1n) is 5.52. The molecular formula is C13H14O2. The maximum atomic E-state index is 11.2. The van der Waals surface area contributed by atoms with Gasteiger partial charge in [0.25, 0.3) is 0 Å². The molecule has 2 atom stereocenters. The molecule has 1 heterocycles. The van der Waals surface area contributed by atoms with Gasteiger partial charge < -0.3 is 4.74 Å². The Morgan fingerprint density at radius 2 is 2.33 bits per heavy atom. The third-order valence-electron chi connectivity index (χ3n) is 3.45. The van der Waals surface area contributed by atoms with Crippen LogP contribution >= 0.6 is 0 Å². The Morgan fingerprint density at radius 1 is 1.47 bits per heavy atom. The Balaban J connectivity index is 1.86. The monoisotopic (exact) mass is 202 g/mol. The summed E-state index contributed by atoms with van der Waals surface area (Å²) in [6.07, 6.45) is 2.05. The van der Waals surface area contributed by atoms with Gasteiger partial charge in [0.1, 0.15) is 11.5 Å². The summed E-state index contributed by atoms with van der Waals surface area (Å²) < 4.78 is 5.46. The zero-order valence-corrected chi connectivity index (χ0v) is 8.82. The number of carbonyl (C=O) groups is 1. The average molecular weight is 202 g/mol. The highest BCUT2D eigenvalue weighted by molar-refractivity contribution is 5.82. The number of hydrogen-bond acceptors (Lipinski definition) is 2. The van der Waals surface area contributed by atoms with E-state index in [2.05, 4.69) is 12.1 Å². The van der Waals surface area contributed by atoms with Crippen molar-refractivity contribution in [2.24, 2.45) is 5.92 Å². The lowest BCUT2D eigenvalue weighted by Gasteiger charge is -2.02. The minimum atomic E-state index is 0.283. The summed E-state index contributed by atoms with van der Waals surface area (Å²) in [7, 11) is 0. The molecule has 1 aromatic rings. The molecule has 2 aliphatic rings. The minimum Gasteiger partial charge on any atom is -0.493 e. The van der Waals surface area contributed by atoms with Crippen LogP contribution in [-0.2, 0) is 11.2 Å². The summed E-state index contributed by atoms with van der Waals surface area (Å²) in [6, 6.07) is 6.38. The van der Waals surface area contributed by atoms with E-state index < -0.39 is 0 Å². The van der Waals surface area contributed by atoms with Crippen molar-refractivity contribution in [1.29, 1.82) is 0 Å². The summed E-state index contributed by atoms with van der Waals surface area (Å²) in [6.45, 7) is 2.50. The average Bonchev–Trinajstić information content (AvgIpc) is 2.89. The predicted molar refractivity (Wildman–Crippen MR) is 57.2 cm³/mol. The van der Waals surface area contributed by atoms with E-state index in [9.17, 15) is 4.79 Å². The summed E-state index contributed by atoms with van der Waals surface area (Å²) >= 11 is 0. The van der Waals surface area contributed by atoms with Crippen LogP contribution in [0.25, 0.3) is 0 Å². The van der Waals surface area contributed by atoms with Gasteiger partial charge in [-0.25, -0.2) is 0 Å². The van der Waals surface area contributed by atoms with Crippen molar-refractivity contribution >= 4 is 5.78 Å². The van der Waals surface area contributed by atoms with E-state index in [0.29, 0.717) is 11.7 Å². The molecule has 0 unspecified atom stereocenters. The van der Waals surface area contributed by atoms with Crippen LogP contribution in [0.3, 0.4) is 0 Å². The molecule has 1 aromatic carbocycles. The highest BCUT2D eigenvalue weighted by Crippen LogP contribution is 2.48. The second-order valence-corrected chi connectivity index (χ2v) is 4.52. The second kappa shape index (κ2) is 3.09. The lowest BCUT2D eigenvalue weighted by atomic mass is 10.0. The lowest BCUT2D eigenvalue weighted by Crippen LogP contribution is -1.95. The summed E-state index contributed by atoms with van der Waals surface area (Å²) in [5.41, 5.74) is 2.63. The van der Waals surface area contributed by atoms with Gasteiger partial charge in [0.2, 0.25) is 0 Å². The number of ether oxygens (including phenoxy) is 1. The van der Waals surface area contributed by atoms with Crippen LogP contribution < -0.4 is 4.74 Å². The van der Waals surface area contributed by atoms with Gasteiger partial charge in [-0.1, -0.05) is 12.1 Å². The van der Waals surface area contributed by atoms with Crippen LogP contribution in [0.4, 0.5) is 0 Å². The minimum absolute atomic E-state index is 0.283. The molecule has 15 heavy (non-hydrogen) atoms. The second-order valence-electron chi connectivity index (χ2n) is 4.52. The van der Waals surface area contributed by atoms with Crippen LogP contribution in [0.15, 0.2) is 18.2 Å². The standard InChI is InChI=1S/C13H14O2/c1-8(14)11-7-12(11)9-2-3-13-10(6-9)4-5-15-13/h2-3,6,11-12H,4-5,7H2,1H3/t11-,12-/m1/s1. The van der Waals surface area contributed by atoms with Gasteiger partial charge in [0, 0.05) is 12.3 Å². The van der Waals surface area contributed by atoms with E-state index in [1.54, 1.807) is 6.92 Å². The van der Waals surface area contributed by atoms with Gasteiger partial charge in [-0.2, -0.15) is 0 Å². The van der Waals surface area contributed by atoms with Crippen molar-refractivity contribution in [2.45, 2.75) is 25.7 Å². The molecule has 0 bridgehead atoms. The first-order chi connectivity index (χ1) is 7.25. The van der Waals surface area contributed by atoms with Crippen molar-refractivity contribution in [3.63, 3.8) is 0 Å². The first kappa shape index (κ1) is 8.96. The Labute approximate surface area is 89.2 Å². The molecule has 2 heteroatoms. The number of fused-ring (bicyclic) bond motifs is 1. The zero-order valence-electron chi connectivity index (χ0n) is 8.82. The van der Waals surface area contributed by atoms with Gasteiger partial charge in [-0.3, -0.25) is 4.79 Å². The molecule has 0 N–H and O–H groups in total. The number of carbonyl (C=O) groups excluding carboxylic acids is 1. The Morgan fingerprint density at radius 3 is 3.07 bits per heavy atom. The van der Waals surface area contributed by atoms with Crippen LogP contribution in [0.5, 0.6) is 5.75 Å². The molecule has 0 spiro atoms. The van der Waals surface area contributed by atoms with Gasteiger partial charge in [0.05, 0.1) is 6.61 Å². The topological polar surface area (TPSA) is 26.3 Å². The van der Waals surface area contributed by atoms with Gasteiger partial charge in [-0.05, 0) is 36.5 Å². The quantitative estimate of drug-likeness (QED) is 0.735. The summed E-state index contributed by atoms with van der Waals surface area (Å²) in [4.78, 5) is 11.2. The molecule has 0 saturated heterocycles. The third-order valence-corrected chi connectivity index (χ3v) is 3.45. The maximum absolute atomic E-state index is 11.2. The number of benzene rings is 1. The smallest absolute Gasteiger partial charge is 0.133 e. The summed E-state index contributed by atoms with van der Waals surface area (Å²) in [5.74, 6) is 2.12. The predicted octanol–water partition coefficient (Wildman–Crippen LogP) is 2.31. The van der Waals surface area contributed by atoms with Crippen molar-refractivity contribution in [1.82, 2.24) is 0 Å². The van der Waals surface area contributed by atoms with Gasteiger partial charge in [-0.15, -0.1) is 0 Å². The molecule has 1 fully saturated rings. The first-order valence-corrected chi connectivity index (χ1v) is 5.52. The van der Waals surface area contributed by atoms with Gasteiger partial charge >= 0.3 is 0 Å². The van der Waals surface area contributed by atoms with Crippen molar-refractivity contribution < 1.29 is 9.53 Å². The van der Waals surface area contributed by atoms with E-state index >= 15 is 0 Å². The number of Topliss-reactive ketones (excluding diaryl/α,β-unsaturated/α-hetero) is 1. The van der Waals surface area contributed by atoms with Crippen molar-refractivity contribution in [2.75, 3.05) is 6.61 Å². The highest BCUT2D eigenvalue weighted by atomic mass is 16.5. The van der Waals surface area contributed by atoms with Crippen LogP contribution in [-0.4, -0.2) is 12.4 Å². The number of rotatable bonds is 2.